The summed E-state index contributed by atoms with van der Waals surface area (Å²) < 4.78 is 0. The second kappa shape index (κ2) is 4.50. The van der Waals surface area contributed by atoms with Crippen LogP contribution in [0.25, 0.3) is 0 Å². The molecule has 1 heterocycles. The SMILES string of the molecule is CCCC1C(=O)NC(C)(C2CC2)C(=O)N1CC1CC1. The molecule has 2 amide bonds. The van der Waals surface area contributed by atoms with Crippen LogP contribution in [0, 0.1) is 11.8 Å². The molecule has 3 rings (SSSR count). The maximum Gasteiger partial charge on any atom is 0.249 e. The summed E-state index contributed by atoms with van der Waals surface area (Å²) in [5.74, 6) is 1.22. The minimum Gasteiger partial charge on any atom is -0.340 e. The van der Waals surface area contributed by atoms with E-state index in [-0.39, 0.29) is 17.9 Å². The lowest BCUT2D eigenvalue weighted by molar-refractivity contribution is -0.156. The molecule has 0 aromatic heterocycles. The first-order valence-corrected chi connectivity index (χ1v) is 7.69. The van der Waals surface area contributed by atoms with Crippen molar-refractivity contribution in [3.8, 4) is 0 Å². The molecule has 1 saturated heterocycles. The first-order valence-electron chi connectivity index (χ1n) is 7.69. The Balaban J connectivity index is 1.83. The van der Waals surface area contributed by atoms with Gasteiger partial charge in [-0.05, 0) is 50.9 Å². The van der Waals surface area contributed by atoms with Crippen LogP contribution < -0.4 is 5.32 Å². The first-order chi connectivity index (χ1) is 9.06. The van der Waals surface area contributed by atoms with Gasteiger partial charge in [0.25, 0.3) is 0 Å². The van der Waals surface area contributed by atoms with E-state index in [1.165, 1.54) is 12.8 Å². The first kappa shape index (κ1) is 12.9. The standard InChI is InChI=1S/C15H24N2O2/c1-3-4-12-13(18)16-15(2,11-7-8-11)14(19)17(12)9-10-5-6-10/h10-12H,3-9H2,1-2H3,(H,16,18). The van der Waals surface area contributed by atoms with Gasteiger partial charge < -0.3 is 10.2 Å². The third-order valence-corrected chi connectivity index (χ3v) is 4.87. The fourth-order valence-corrected chi connectivity index (χ4v) is 3.26. The molecule has 0 aromatic carbocycles. The van der Waals surface area contributed by atoms with Crippen molar-refractivity contribution in [1.82, 2.24) is 10.2 Å². The highest BCUT2D eigenvalue weighted by Gasteiger charge is 2.55. The van der Waals surface area contributed by atoms with E-state index in [1.54, 1.807) is 0 Å². The lowest BCUT2D eigenvalue weighted by Gasteiger charge is -2.45. The monoisotopic (exact) mass is 264 g/mol. The van der Waals surface area contributed by atoms with Gasteiger partial charge in [0.1, 0.15) is 11.6 Å². The Kier molecular flexibility index (Phi) is 3.06. The lowest BCUT2D eigenvalue weighted by Crippen LogP contribution is -2.70. The molecule has 106 valence electrons. The van der Waals surface area contributed by atoms with Crippen LogP contribution in [0.3, 0.4) is 0 Å². The van der Waals surface area contributed by atoms with Crippen molar-refractivity contribution in [2.75, 3.05) is 6.54 Å². The van der Waals surface area contributed by atoms with Crippen LogP contribution in [-0.4, -0.2) is 34.8 Å². The van der Waals surface area contributed by atoms with Crippen LogP contribution in [0.4, 0.5) is 0 Å². The number of hydrogen-bond acceptors (Lipinski definition) is 2. The molecule has 4 nitrogen and oxygen atoms in total. The summed E-state index contributed by atoms with van der Waals surface area (Å²) in [6.07, 6.45) is 6.28. The quantitative estimate of drug-likeness (QED) is 0.821. The van der Waals surface area contributed by atoms with E-state index >= 15 is 0 Å². The Hall–Kier alpha value is -1.06. The maximum atomic E-state index is 12.8. The van der Waals surface area contributed by atoms with Crippen molar-refractivity contribution in [1.29, 1.82) is 0 Å². The van der Waals surface area contributed by atoms with E-state index in [4.69, 9.17) is 0 Å². The zero-order valence-corrected chi connectivity index (χ0v) is 11.9. The van der Waals surface area contributed by atoms with Crippen molar-refractivity contribution in [2.45, 2.75) is 64.0 Å². The van der Waals surface area contributed by atoms with Gasteiger partial charge in [0, 0.05) is 6.54 Å². The molecule has 0 aromatic rings. The Morgan fingerprint density at radius 2 is 1.95 bits per heavy atom. The minimum atomic E-state index is -0.629. The molecule has 3 aliphatic rings. The zero-order chi connectivity index (χ0) is 13.6. The van der Waals surface area contributed by atoms with Crippen LogP contribution in [0.2, 0.25) is 0 Å². The second-order valence-electron chi connectivity index (χ2n) is 6.67. The Morgan fingerprint density at radius 1 is 1.26 bits per heavy atom. The summed E-state index contributed by atoms with van der Waals surface area (Å²) in [5, 5.41) is 3.03. The highest BCUT2D eigenvalue weighted by molar-refractivity contribution is 6.00. The molecule has 19 heavy (non-hydrogen) atoms. The van der Waals surface area contributed by atoms with Crippen LogP contribution in [-0.2, 0) is 9.59 Å². The van der Waals surface area contributed by atoms with Gasteiger partial charge in [0.2, 0.25) is 11.8 Å². The summed E-state index contributed by atoms with van der Waals surface area (Å²) in [6, 6.07) is -0.232. The van der Waals surface area contributed by atoms with Gasteiger partial charge in [-0.1, -0.05) is 13.3 Å². The van der Waals surface area contributed by atoms with Gasteiger partial charge in [-0.2, -0.15) is 0 Å². The Morgan fingerprint density at radius 3 is 2.47 bits per heavy atom. The lowest BCUT2D eigenvalue weighted by atomic mass is 9.88. The molecular weight excluding hydrogens is 240 g/mol. The largest absolute Gasteiger partial charge is 0.340 e. The molecule has 1 N–H and O–H groups in total. The van der Waals surface area contributed by atoms with Crippen molar-refractivity contribution in [3.05, 3.63) is 0 Å². The molecule has 2 atom stereocenters. The number of amides is 2. The molecule has 4 heteroatoms. The molecule has 2 unspecified atom stereocenters. The van der Waals surface area contributed by atoms with Crippen molar-refractivity contribution in [3.63, 3.8) is 0 Å². The predicted octanol–water partition coefficient (Wildman–Crippen LogP) is 1.69. The number of hydrogen-bond donors (Lipinski definition) is 1. The summed E-state index contributed by atoms with van der Waals surface area (Å²) >= 11 is 0. The van der Waals surface area contributed by atoms with Crippen LogP contribution >= 0.6 is 0 Å². The van der Waals surface area contributed by atoms with Crippen molar-refractivity contribution < 1.29 is 9.59 Å². The number of piperazine rings is 1. The Bertz CT molecular complexity index is 401. The van der Waals surface area contributed by atoms with Gasteiger partial charge >= 0.3 is 0 Å². The third-order valence-electron chi connectivity index (χ3n) is 4.87. The topological polar surface area (TPSA) is 49.4 Å². The number of nitrogens with zero attached hydrogens (tertiary/aromatic N) is 1. The molecule has 0 bridgehead atoms. The number of carbonyl (C=O) groups excluding carboxylic acids is 2. The summed E-state index contributed by atoms with van der Waals surface area (Å²) in [7, 11) is 0. The summed E-state index contributed by atoms with van der Waals surface area (Å²) in [5.41, 5.74) is -0.629. The van der Waals surface area contributed by atoms with E-state index in [0.717, 1.165) is 32.2 Å². The highest BCUT2D eigenvalue weighted by atomic mass is 16.2. The van der Waals surface area contributed by atoms with Gasteiger partial charge in [0.05, 0.1) is 0 Å². The number of carbonyl (C=O) groups is 2. The normalized spacial score (nSPS) is 35.5. The van der Waals surface area contributed by atoms with Gasteiger partial charge in [0.15, 0.2) is 0 Å². The number of nitrogens with one attached hydrogen (secondary N) is 1. The molecular formula is C15H24N2O2. The van der Waals surface area contributed by atoms with Crippen LogP contribution in [0.5, 0.6) is 0 Å². The van der Waals surface area contributed by atoms with Gasteiger partial charge in [-0.3, -0.25) is 9.59 Å². The molecule has 3 fully saturated rings. The predicted molar refractivity (Wildman–Crippen MR) is 72.4 cm³/mol. The van der Waals surface area contributed by atoms with Gasteiger partial charge in [-0.25, -0.2) is 0 Å². The molecule has 0 spiro atoms. The third kappa shape index (κ3) is 2.26. The van der Waals surface area contributed by atoms with E-state index in [9.17, 15) is 9.59 Å². The molecule has 1 aliphatic heterocycles. The van der Waals surface area contributed by atoms with Crippen LogP contribution in [0.1, 0.15) is 52.4 Å². The molecule has 0 radical (unpaired) electrons. The van der Waals surface area contributed by atoms with Gasteiger partial charge in [-0.15, -0.1) is 0 Å². The zero-order valence-electron chi connectivity index (χ0n) is 11.9. The Labute approximate surface area is 114 Å². The summed E-state index contributed by atoms with van der Waals surface area (Å²) in [6.45, 7) is 4.79. The second-order valence-corrected chi connectivity index (χ2v) is 6.67. The van der Waals surface area contributed by atoms with E-state index in [1.807, 2.05) is 11.8 Å². The molecule has 2 aliphatic carbocycles. The van der Waals surface area contributed by atoms with Crippen LogP contribution in [0.15, 0.2) is 0 Å². The van der Waals surface area contributed by atoms with Crippen molar-refractivity contribution >= 4 is 11.8 Å². The maximum absolute atomic E-state index is 12.8. The molecule has 2 saturated carbocycles. The van der Waals surface area contributed by atoms with E-state index in [0.29, 0.717) is 11.8 Å². The van der Waals surface area contributed by atoms with E-state index in [2.05, 4.69) is 12.2 Å². The highest BCUT2D eigenvalue weighted by Crippen LogP contribution is 2.43. The fraction of sp³-hybridized carbons (Fsp3) is 0.867. The average molecular weight is 264 g/mol. The smallest absolute Gasteiger partial charge is 0.249 e. The van der Waals surface area contributed by atoms with E-state index < -0.39 is 5.54 Å². The minimum absolute atomic E-state index is 0.0662. The number of rotatable bonds is 5. The van der Waals surface area contributed by atoms with Crippen molar-refractivity contribution in [2.24, 2.45) is 11.8 Å². The fourth-order valence-electron chi connectivity index (χ4n) is 3.26. The summed E-state index contributed by atoms with van der Waals surface area (Å²) in [4.78, 5) is 27.1. The average Bonchev–Trinajstić information content (AvgIpc) is 3.23.